The summed E-state index contributed by atoms with van der Waals surface area (Å²) in [6.07, 6.45) is 4.71. The van der Waals surface area contributed by atoms with E-state index in [4.69, 9.17) is 11.6 Å². The summed E-state index contributed by atoms with van der Waals surface area (Å²) in [5, 5.41) is 10.6. The average Bonchev–Trinajstić information content (AvgIpc) is 1.75. The van der Waals surface area contributed by atoms with Crippen LogP contribution in [0.25, 0.3) is 0 Å². The standard InChI is InChI=1S/C69H113ClF3N11O11/c1-14-16-25-51-65(93)84-35-31-52(84)64(92)81(12)54(39-45-23-18-17-19-24-45)63(91)78(9)40-55(85)75-49(30-28-46-27-29-47(48(70)38-46)69(71,72)73)62(90)83-34-22-26-50(83)60(88)77-68(32-20-21-33-68)67(95)82(13)58(42(5)6)61(89)74-44(8)37-56(86)79(10)53(36-41(3)4)59(87)76-57(43(7)15-2)66(94)80(51)11/h41-54,57-58H,14-40H2,1-13H3,(H,74,89)(H,75,85)(H,76,87)(H,77,88)/t43-,44+,46?,47?,48?,49-,50-,51-,52-,53-,54-,57-,58-/m0/s1. The van der Waals surface area contributed by atoms with Crippen molar-refractivity contribution in [2.75, 3.05) is 54.9 Å². The first-order valence-corrected chi connectivity index (χ1v) is 36.0. The lowest BCUT2D eigenvalue weighted by Crippen LogP contribution is -2.65. The van der Waals surface area contributed by atoms with E-state index in [1.807, 2.05) is 34.6 Å². The number of amides is 11. The van der Waals surface area contributed by atoms with Gasteiger partial charge in [0.25, 0.3) is 0 Å². The molecule has 3 aliphatic heterocycles. The Morgan fingerprint density at radius 2 is 1.24 bits per heavy atom. The summed E-state index contributed by atoms with van der Waals surface area (Å²) in [7, 11) is 7.46. The second-order valence-electron chi connectivity index (χ2n) is 29.6. The number of unbranched alkanes of at least 4 members (excludes halogenated alkanes) is 1. The van der Waals surface area contributed by atoms with Crippen LogP contribution in [0, 0.1) is 35.5 Å². The maximum absolute atomic E-state index is 15.1. The van der Waals surface area contributed by atoms with E-state index in [1.165, 1.54) is 69.5 Å². The molecular formula is C69H113ClF3N11O11. The fraction of sp³-hybridized carbons (Fsp3) is 0.841. The van der Waals surface area contributed by atoms with Gasteiger partial charge in [0.1, 0.15) is 53.9 Å². The smallest absolute Gasteiger partial charge is 0.351 e. The number of alkyl halides is 4. The number of rotatable bonds is 13. The number of carbonyl (C=O) groups is 11. The quantitative estimate of drug-likeness (QED) is 0.138. The van der Waals surface area contributed by atoms with Crippen LogP contribution in [-0.4, -0.2) is 226 Å². The molecule has 538 valence electrons. The summed E-state index contributed by atoms with van der Waals surface area (Å²) in [5.41, 5.74) is -1.48. The van der Waals surface area contributed by atoms with Crippen LogP contribution in [0.15, 0.2) is 0 Å². The van der Waals surface area contributed by atoms with E-state index >= 15 is 24.0 Å². The predicted molar refractivity (Wildman–Crippen MR) is 354 cm³/mol. The molecule has 13 atom stereocenters. The summed E-state index contributed by atoms with van der Waals surface area (Å²) >= 11 is 6.39. The largest absolute Gasteiger partial charge is 0.393 e. The molecule has 0 aromatic heterocycles. The van der Waals surface area contributed by atoms with Crippen LogP contribution in [0.2, 0.25) is 0 Å². The Balaban J connectivity index is 1.39. The molecule has 4 N–H and O–H groups in total. The number of fused-ring (bicyclic) bond motifs is 2. The van der Waals surface area contributed by atoms with Gasteiger partial charge in [-0.3, -0.25) is 52.7 Å². The first kappa shape index (κ1) is 78.2. The summed E-state index contributed by atoms with van der Waals surface area (Å²) in [5.74, 6) is -9.18. The molecule has 95 heavy (non-hydrogen) atoms. The van der Waals surface area contributed by atoms with Crippen molar-refractivity contribution in [1.82, 2.24) is 55.6 Å². The zero-order valence-corrected chi connectivity index (χ0v) is 59.7. The second-order valence-corrected chi connectivity index (χ2v) is 30.2. The second kappa shape index (κ2) is 34.6. The van der Waals surface area contributed by atoms with Crippen molar-refractivity contribution in [1.29, 1.82) is 0 Å². The lowest BCUT2D eigenvalue weighted by atomic mass is 9.78. The Hall–Kier alpha value is -5.75. The third-order valence-corrected chi connectivity index (χ3v) is 22.1. The van der Waals surface area contributed by atoms with Gasteiger partial charge in [0.2, 0.25) is 65.0 Å². The Morgan fingerprint density at radius 1 is 0.600 bits per heavy atom. The zero-order chi connectivity index (χ0) is 70.6. The van der Waals surface area contributed by atoms with Gasteiger partial charge in [-0.15, -0.1) is 11.6 Å². The summed E-state index contributed by atoms with van der Waals surface area (Å²) in [6, 6.07) is -9.61. The number of hydrogen-bond acceptors (Lipinski definition) is 11. The van der Waals surface area contributed by atoms with Gasteiger partial charge in [-0.25, -0.2) is 0 Å². The number of nitrogens with zero attached hydrogens (tertiary/aromatic N) is 7. The van der Waals surface area contributed by atoms with Crippen molar-refractivity contribution in [2.45, 2.75) is 281 Å². The molecule has 0 aromatic carbocycles. The molecule has 1 spiro atoms. The molecule has 3 heterocycles. The zero-order valence-electron chi connectivity index (χ0n) is 59.0. The number of nitrogens with one attached hydrogen (secondary N) is 4. The third kappa shape index (κ3) is 19.5. The lowest BCUT2D eigenvalue weighted by Gasteiger charge is -2.46. The summed E-state index contributed by atoms with van der Waals surface area (Å²) in [6.45, 7) is 14.4. The lowest BCUT2D eigenvalue weighted by molar-refractivity contribution is -0.182. The maximum Gasteiger partial charge on any atom is 0.393 e. The Labute approximate surface area is 567 Å². The van der Waals surface area contributed by atoms with E-state index in [-0.39, 0.29) is 114 Å². The van der Waals surface area contributed by atoms with Gasteiger partial charge in [0.05, 0.1) is 12.5 Å². The molecule has 3 saturated heterocycles. The minimum Gasteiger partial charge on any atom is -0.351 e. The van der Waals surface area contributed by atoms with Gasteiger partial charge in [-0.05, 0) is 120 Å². The molecule has 26 heteroatoms. The third-order valence-electron chi connectivity index (χ3n) is 21.7. The van der Waals surface area contributed by atoms with Crippen LogP contribution in [0.3, 0.4) is 0 Å². The van der Waals surface area contributed by atoms with Crippen LogP contribution < -0.4 is 21.3 Å². The topological polar surface area (TPSA) is 259 Å². The minimum atomic E-state index is -4.49. The normalized spacial score (nSPS) is 30.9. The van der Waals surface area contributed by atoms with Gasteiger partial charge in [0, 0.05) is 66.2 Å². The molecule has 6 aliphatic rings. The molecule has 11 amide bonds. The molecule has 3 aliphatic carbocycles. The highest BCUT2D eigenvalue weighted by atomic mass is 35.5. The van der Waals surface area contributed by atoms with Gasteiger partial charge in [-0.2, -0.15) is 13.2 Å². The molecule has 0 aromatic rings. The van der Waals surface area contributed by atoms with E-state index in [1.54, 1.807) is 20.8 Å². The van der Waals surface area contributed by atoms with Crippen molar-refractivity contribution in [3.63, 3.8) is 0 Å². The van der Waals surface area contributed by atoms with Crippen LogP contribution in [0.4, 0.5) is 13.2 Å². The highest BCUT2D eigenvalue weighted by Gasteiger charge is 2.52. The van der Waals surface area contributed by atoms with Crippen LogP contribution in [0.1, 0.15) is 209 Å². The first-order valence-electron chi connectivity index (χ1n) is 35.5. The van der Waals surface area contributed by atoms with Crippen molar-refractivity contribution >= 4 is 76.6 Å². The molecule has 3 unspecified atom stereocenters. The first-order chi connectivity index (χ1) is 44.7. The Bertz CT molecular complexity index is 2710. The van der Waals surface area contributed by atoms with Crippen LogP contribution in [0.5, 0.6) is 0 Å². The fourth-order valence-corrected chi connectivity index (χ4v) is 16.1. The van der Waals surface area contributed by atoms with Crippen LogP contribution >= 0.6 is 11.6 Å². The van der Waals surface area contributed by atoms with Crippen molar-refractivity contribution in [3.8, 4) is 0 Å². The van der Waals surface area contributed by atoms with Crippen LogP contribution in [-0.2, 0) is 52.7 Å². The van der Waals surface area contributed by atoms with Crippen molar-refractivity contribution < 1.29 is 65.9 Å². The molecular weight excluding hydrogens is 1250 g/mol. The monoisotopic (exact) mass is 1360 g/mol. The fourth-order valence-electron chi connectivity index (χ4n) is 15.5. The highest BCUT2D eigenvalue weighted by molar-refractivity contribution is 6.20. The SMILES string of the molecule is CCCC[C@H]1C(=O)N2CC[C@H]2C(=O)N(C)[C@@H](CC2CCCCC2)C(=O)N(C)CC(=O)N[C@@H](CCC2CCC(C(F)(F)F)C(Cl)C2)C(=O)N2CCC[C@H]2C(=O)NC2(CCCC2)C(=O)N(C)[C@@H](C(C)C)C(=O)N[C@H](C)CC(=O)N(C)[C@@H](CC(C)C)C(=O)N[C@@H]([C@@H](C)CC)C(=O)N1C. The number of likely N-dealkylation sites (N-methyl/N-ethyl adjacent to an activating group) is 5. The van der Waals surface area contributed by atoms with Gasteiger partial charge in [0.15, 0.2) is 0 Å². The van der Waals surface area contributed by atoms with Crippen molar-refractivity contribution in [3.05, 3.63) is 0 Å². The van der Waals surface area contributed by atoms with Crippen molar-refractivity contribution in [2.24, 2.45) is 35.5 Å². The van der Waals surface area contributed by atoms with Gasteiger partial charge >= 0.3 is 6.18 Å². The van der Waals surface area contributed by atoms with E-state index in [9.17, 15) is 41.9 Å². The maximum atomic E-state index is 15.1. The van der Waals surface area contributed by atoms with Gasteiger partial charge < -0.3 is 55.6 Å². The number of hydrogen-bond donors (Lipinski definition) is 4. The summed E-state index contributed by atoms with van der Waals surface area (Å²) in [4.78, 5) is 173. The van der Waals surface area contributed by atoms with E-state index < -0.39 is 161 Å². The van der Waals surface area contributed by atoms with E-state index in [0.29, 0.717) is 38.5 Å². The van der Waals surface area contributed by atoms with Gasteiger partial charge in [-0.1, -0.05) is 113 Å². The molecule has 0 bridgehead atoms. The Morgan fingerprint density at radius 3 is 1.82 bits per heavy atom. The summed E-state index contributed by atoms with van der Waals surface area (Å²) < 4.78 is 41.9. The number of carbonyl (C=O) groups excluding carboxylic acids is 11. The molecule has 3 saturated carbocycles. The predicted octanol–water partition coefficient (Wildman–Crippen LogP) is 6.93. The number of halogens is 4. The minimum absolute atomic E-state index is 0.0168. The highest BCUT2D eigenvalue weighted by Crippen LogP contribution is 2.44. The average molecular weight is 1370 g/mol. The Kier molecular flexibility index (Phi) is 28.5. The molecule has 6 fully saturated rings. The molecule has 6 rings (SSSR count). The molecule has 22 nitrogen and oxygen atoms in total. The van der Waals surface area contributed by atoms with E-state index in [2.05, 4.69) is 21.3 Å². The molecule has 0 radical (unpaired) electrons. The van der Waals surface area contributed by atoms with E-state index in [0.717, 1.165) is 32.1 Å².